The first-order valence-corrected chi connectivity index (χ1v) is 8.24. The van der Waals surface area contributed by atoms with Crippen LogP contribution in [0, 0.1) is 0 Å². The molecule has 126 valence electrons. The van der Waals surface area contributed by atoms with Crippen LogP contribution >= 0.6 is 0 Å². The highest BCUT2D eigenvalue weighted by Gasteiger charge is 2.29. The summed E-state index contributed by atoms with van der Waals surface area (Å²) in [7, 11) is 3.09. The molecule has 0 saturated heterocycles. The molecule has 1 saturated carbocycles. The molecule has 0 atom stereocenters. The average Bonchev–Trinajstić information content (AvgIpc) is 3.46. The van der Waals surface area contributed by atoms with Crippen LogP contribution in [-0.4, -0.2) is 31.1 Å². The molecule has 4 heteroatoms. The Bertz CT molecular complexity index is 692. The molecule has 0 N–H and O–H groups in total. The molecule has 0 aromatic heterocycles. The van der Waals surface area contributed by atoms with Gasteiger partial charge in [0, 0.05) is 19.1 Å². The van der Waals surface area contributed by atoms with Crippen LogP contribution in [0.25, 0.3) is 0 Å². The summed E-state index contributed by atoms with van der Waals surface area (Å²) in [6, 6.07) is 16.6. The van der Waals surface area contributed by atoms with Gasteiger partial charge >= 0.3 is 5.97 Å². The molecule has 0 amide bonds. The van der Waals surface area contributed by atoms with Crippen LogP contribution in [0.4, 0.5) is 0 Å². The third kappa shape index (κ3) is 4.15. The van der Waals surface area contributed by atoms with Crippen molar-refractivity contribution in [2.45, 2.75) is 32.0 Å². The van der Waals surface area contributed by atoms with Crippen LogP contribution in [-0.2, 0) is 17.8 Å². The Hall–Kier alpha value is -2.33. The summed E-state index contributed by atoms with van der Waals surface area (Å²) in [5.41, 5.74) is 3.01. The summed E-state index contributed by atoms with van der Waals surface area (Å²) in [5.74, 6) is 0.590. The molecule has 0 aliphatic heterocycles. The lowest BCUT2D eigenvalue weighted by molar-refractivity contribution is 0.0600. The predicted molar refractivity (Wildman–Crippen MR) is 93.0 cm³/mol. The second-order valence-corrected chi connectivity index (χ2v) is 6.18. The fourth-order valence-electron chi connectivity index (χ4n) is 2.87. The molecule has 3 rings (SSSR count). The Morgan fingerprint density at radius 2 is 1.75 bits per heavy atom. The number of hydrogen-bond donors (Lipinski definition) is 0. The van der Waals surface area contributed by atoms with Crippen molar-refractivity contribution >= 4 is 5.97 Å². The number of methoxy groups -OCH3 is 2. The van der Waals surface area contributed by atoms with Crippen LogP contribution in [0.1, 0.15) is 34.3 Å². The maximum absolute atomic E-state index is 11.7. The summed E-state index contributed by atoms with van der Waals surface area (Å²) in [5, 5.41) is 0. The number of ether oxygens (including phenoxy) is 2. The van der Waals surface area contributed by atoms with Gasteiger partial charge in [-0.2, -0.15) is 0 Å². The van der Waals surface area contributed by atoms with E-state index in [0.29, 0.717) is 11.6 Å². The molecule has 0 unspecified atom stereocenters. The van der Waals surface area contributed by atoms with Gasteiger partial charge in [0.15, 0.2) is 0 Å². The molecule has 2 aromatic rings. The van der Waals surface area contributed by atoms with Crippen molar-refractivity contribution in [1.82, 2.24) is 4.90 Å². The van der Waals surface area contributed by atoms with Crippen LogP contribution in [0.5, 0.6) is 5.75 Å². The number of carbonyl (C=O) groups excluding carboxylic acids is 1. The highest BCUT2D eigenvalue weighted by molar-refractivity contribution is 5.89. The van der Waals surface area contributed by atoms with Crippen LogP contribution in [0.2, 0.25) is 0 Å². The quantitative estimate of drug-likeness (QED) is 0.729. The molecule has 4 nitrogen and oxygen atoms in total. The topological polar surface area (TPSA) is 38.8 Å². The van der Waals surface area contributed by atoms with Gasteiger partial charge in [0.25, 0.3) is 0 Å². The Balaban J connectivity index is 1.71. The zero-order valence-corrected chi connectivity index (χ0v) is 14.2. The maximum Gasteiger partial charge on any atom is 0.337 e. The first-order valence-electron chi connectivity index (χ1n) is 8.24. The number of rotatable bonds is 7. The van der Waals surface area contributed by atoms with Crippen molar-refractivity contribution in [3.63, 3.8) is 0 Å². The minimum atomic E-state index is -0.287. The molecule has 0 heterocycles. The second-order valence-electron chi connectivity index (χ2n) is 6.18. The fraction of sp³-hybridized carbons (Fsp3) is 0.350. The maximum atomic E-state index is 11.7. The van der Waals surface area contributed by atoms with Crippen molar-refractivity contribution in [3.05, 3.63) is 65.2 Å². The van der Waals surface area contributed by atoms with E-state index in [9.17, 15) is 4.79 Å². The lowest BCUT2D eigenvalue weighted by Crippen LogP contribution is -2.25. The Kier molecular flexibility index (Phi) is 5.16. The number of esters is 1. The van der Waals surface area contributed by atoms with Gasteiger partial charge in [0.05, 0.1) is 19.8 Å². The van der Waals surface area contributed by atoms with Crippen LogP contribution < -0.4 is 4.74 Å². The van der Waals surface area contributed by atoms with Gasteiger partial charge in [-0.1, -0.05) is 24.3 Å². The van der Waals surface area contributed by atoms with E-state index in [1.807, 2.05) is 24.3 Å². The summed E-state index contributed by atoms with van der Waals surface area (Å²) >= 11 is 0. The first-order chi connectivity index (χ1) is 11.7. The molecule has 1 aliphatic rings. The lowest BCUT2D eigenvalue weighted by Gasteiger charge is -2.22. The van der Waals surface area contributed by atoms with Gasteiger partial charge in [0.2, 0.25) is 0 Å². The minimum absolute atomic E-state index is 0.287. The number of hydrogen-bond acceptors (Lipinski definition) is 4. The summed E-state index contributed by atoms with van der Waals surface area (Å²) < 4.78 is 10.0. The Morgan fingerprint density at radius 3 is 2.38 bits per heavy atom. The van der Waals surface area contributed by atoms with E-state index in [4.69, 9.17) is 9.47 Å². The van der Waals surface area contributed by atoms with Crippen LogP contribution in [0.3, 0.4) is 0 Å². The molecule has 24 heavy (non-hydrogen) atoms. The molecule has 2 aromatic carbocycles. The second kappa shape index (κ2) is 7.49. The largest absolute Gasteiger partial charge is 0.497 e. The third-order valence-electron chi connectivity index (χ3n) is 4.34. The predicted octanol–water partition coefficient (Wildman–Crippen LogP) is 3.65. The normalized spacial score (nSPS) is 13.8. The number of nitrogens with zero attached hydrogens (tertiary/aromatic N) is 1. The fourth-order valence-corrected chi connectivity index (χ4v) is 2.87. The van der Waals surface area contributed by atoms with E-state index in [2.05, 4.69) is 23.1 Å². The Labute approximate surface area is 143 Å². The first kappa shape index (κ1) is 16.5. The monoisotopic (exact) mass is 325 g/mol. The Morgan fingerprint density at radius 1 is 1.04 bits per heavy atom. The lowest BCUT2D eigenvalue weighted by atomic mass is 10.1. The van der Waals surface area contributed by atoms with E-state index in [1.54, 1.807) is 13.2 Å². The number of benzene rings is 2. The van der Waals surface area contributed by atoms with Crippen molar-refractivity contribution in [3.8, 4) is 5.75 Å². The SMILES string of the molecule is COC(=O)c1cccc(CN(Cc2ccc(OC)cc2)C2CC2)c1. The van der Waals surface area contributed by atoms with E-state index >= 15 is 0 Å². The van der Waals surface area contributed by atoms with Crippen LogP contribution in [0.15, 0.2) is 48.5 Å². The van der Waals surface area contributed by atoms with E-state index < -0.39 is 0 Å². The van der Waals surface area contributed by atoms with Crippen molar-refractivity contribution in [1.29, 1.82) is 0 Å². The standard InChI is InChI=1S/C20H23NO3/c1-23-19-10-6-15(7-11-19)13-21(18-8-9-18)14-16-4-3-5-17(12-16)20(22)24-2/h3-7,10-12,18H,8-9,13-14H2,1-2H3. The van der Waals surface area contributed by atoms with Gasteiger partial charge in [-0.25, -0.2) is 4.79 Å². The molecular weight excluding hydrogens is 302 g/mol. The average molecular weight is 325 g/mol. The summed E-state index contributed by atoms with van der Waals surface area (Å²) in [6.45, 7) is 1.73. The van der Waals surface area contributed by atoms with E-state index in [1.165, 1.54) is 25.5 Å². The third-order valence-corrected chi connectivity index (χ3v) is 4.34. The molecule has 0 radical (unpaired) electrons. The van der Waals surface area contributed by atoms with Gasteiger partial charge in [-0.15, -0.1) is 0 Å². The van der Waals surface area contributed by atoms with E-state index in [0.717, 1.165) is 24.4 Å². The molecular formula is C20H23NO3. The van der Waals surface area contributed by atoms with Gasteiger partial charge in [0.1, 0.15) is 5.75 Å². The molecule has 1 aliphatic carbocycles. The molecule has 1 fully saturated rings. The highest BCUT2D eigenvalue weighted by atomic mass is 16.5. The smallest absolute Gasteiger partial charge is 0.337 e. The summed E-state index contributed by atoms with van der Waals surface area (Å²) in [6.07, 6.45) is 2.49. The van der Waals surface area contributed by atoms with Crippen molar-refractivity contribution < 1.29 is 14.3 Å². The van der Waals surface area contributed by atoms with Gasteiger partial charge < -0.3 is 9.47 Å². The van der Waals surface area contributed by atoms with Crippen molar-refractivity contribution in [2.75, 3.05) is 14.2 Å². The van der Waals surface area contributed by atoms with E-state index in [-0.39, 0.29) is 5.97 Å². The molecule has 0 bridgehead atoms. The minimum Gasteiger partial charge on any atom is -0.497 e. The zero-order valence-electron chi connectivity index (χ0n) is 14.2. The zero-order chi connectivity index (χ0) is 16.9. The van der Waals surface area contributed by atoms with Crippen molar-refractivity contribution in [2.24, 2.45) is 0 Å². The highest BCUT2D eigenvalue weighted by Crippen LogP contribution is 2.30. The summed E-state index contributed by atoms with van der Waals surface area (Å²) in [4.78, 5) is 14.2. The number of carbonyl (C=O) groups is 1. The van der Waals surface area contributed by atoms with Gasteiger partial charge in [-0.3, -0.25) is 4.90 Å². The molecule has 0 spiro atoms. The van der Waals surface area contributed by atoms with Gasteiger partial charge in [-0.05, 0) is 48.2 Å².